The van der Waals surface area contributed by atoms with Crippen LogP contribution in [0.1, 0.15) is 0 Å². The molecule has 0 aromatic rings. The van der Waals surface area contributed by atoms with Crippen molar-refractivity contribution in [3.05, 3.63) is 23.4 Å². The Kier molecular flexibility index (Phi) is 1.87. The Hall–Kier alpha value is -0.680. The van der Waals surface area contributed by atoms with E-state index in [1.54, 1.807) is 0 Å². The summed E-state index contributed by atoms with van der Waals surface area (Å²) in [4.78, 5) is 4.45. The number of hydrogen-bond acceptors (Lipinski definition) is 4. The zero-order valence-corrected chi connectivity index (χ0v) is 6.32. The molecule has 0 saturated heterocycles. The first-order chi connectivity index (χ1) is 4.61. The van der Waals surface area contributed by atoms with Crippen molar-refractivity contribution in [1.29, 1.82) is 0 Å². The van der Waals surface area contributed by atoms with Gasteiger partial charge in [0, 0.05) is 10.7 Å². The standard InChI is InChI=1S/C4H4ClNO3S/c5-10(7,8)4-2-1-3-9-6-4/h1-3,6H. The van der Waals surface area contributed by atoms with Crippen LogP contribution in [0.4, 0.5) is 0 Å². The minimum Gasteiger partial charge on any atom is -0.389 e. The van der Waals surface area contributed by atoms with Gasteiger partial charge in [0.15, 0.2) is 5.03 Å². The van der Waals surface area contributed by atoms with Gasteiger partial charge in [0.25, 0.3) is 9.05 Å². The maximum absolute atomic E-state index is 10.5. The molecule has 0 bridgehead atoms. The molecule has 56 valence electrons. The molecule has 10 heavy (non-hydrogen) atoms. The second kappa shape index (κ2) is 2.51. The summed E-state index contributed by atoms with van der Waals surface area (Å²) in [5.74, 6) is 0. The SMILES string of the molecule is O=S(=O)(Cl)C1=CC=CON1. The van der Waals surface area contributed by atoms with Crippen LogP contribution in [0, 0.1) is 0 Å². The molecule has 0 aliphatic carbocycles. The van der Waals surface area contributed by atoms with E-state index in [-0.39, 0.29) is 5.03 Å². The fourth-order valence-electron chi connectivity index (χ4n) is 0.423. The third-order valence-corrected chi connectivity index (χ3v) is 2.06. The average Bonchev–Trinajstić information content (AvgIpc) is 1.88. The summed E-state index contributed by atoms with van der Waals surface area (Å²) in [6, 6.07) is 0. The Morgan fingerprint density at radius 3 is 2.60 bits per heavy atom. The van der Waals surface area contributed by atoms with Gasteiger partial charge in [0.05, 0.1) is 0 Å². The van der Waals surface area contributed by atoms with E-state index in [9.17, 15) is 8.42 Å². The van der Waals surface area contributed by atoms with Crippen LogP contribution in [0.5, 0.6) is 0 Å². The van der Waals surface area contributed by atoms with E-state index in [4.69, 9.17) is 10.7 Å². The van der Waals surface area contributed by atoms with Gasteiger partial charge in [-0.25, -0.2) is 13.9 Å². The summed E-state index contributed by atoms with van der Waals surface area (Å²) in [5.41, 5.74) is 2.11. The van der Waals surface area contributed by atoms with Crippen molar-refractivity contribution in [1.82, 2.24) is 5.48 Å². The molecule has 0 spiro atoms. The molecule has 0 fully saturated rings. The minimum atomic E-state index is -3.68. The lowest BCUT2D eigenvalue weighted by molar-refractivity contribution is 0.167. The lowest BCUT2D eigenvalue weighted by atomic mass is 10.6. The van der Waals surface area contributed by atoms with Gasteiger partial charge in [-0.1, -0.05) is 0 Å². The summed E-state index contributed by atoms with van der Waals surface area (Å²) >= 11 is 0. The van der Waals surface area contributed by atoms with Crippen LogP contribution < -0.4 is 5.48 Å². The molecule has 0 amide bonds. The van der Waals surface area contributed by atoms with E-state index in [1.807, 2.05) is 0 Å². The van der Waals surface area contributed by atoms with Crippen molar-refractivity contribution < 1.29 is 13.3 Å². The quantitative estimate of drug-likeness (QED) is 0.597. The van der Waals surface area contributed by atoms with Crippen LogP contribution in [0.3, 0.4) is 0 Å². The molecule has 0 radical (unpaired) electrons. The van der Waals surface area contributed by atoms with Gasteiger partial charge < -0.3 is 4.84 Å². The van der Waals surface area contributed by atoms with Crippen molar-refractivity contribution in [2.24, 2.45) is 0 Å². The molecule has 0 aromatic carbocycles. The highest BCUT2D eigenvalue weighted by atomic mass is 35.7. The highest BCUT2D eigenvalue weighted by molar-refractivity contribution is 8.16. The van der Waals surface area contributed by atoms with Crippen molar-refractivity contribution in [3.8, 4) is 0 Å². The third kappa shape index (κ3) is 1.65. The zero-order valence-electron chi connectivity index (χ0n) is 4.74. The lowest BCUT2D eigenvalue weighted by Crippen LogP contribution is -2.17. The van der Waals surface area contributed by atoms with Gasteiger partial charge >= 0.3 is 0 Å². The molecule has 1 heterocycles. The molecule has 1 N–H and O–H groups in total. The van der Waals surface area contributed by atoms with Crippen molar-refractivity contribution in [2.75, 3.05) is 0 Å². The Morgan fingerprint density at radius 2 is 2.30 bits per heavy atom. The van der Waals surface area contributed by atoms with Crippen LogP contribution in [-0.2, 0) is 13.9 Å². The average molecular weight is 182 g/mol. The molecule has 0 atom stereocenters. The largest absolute Gasteiger partial charge is 0.389 e. The van der Waals surface area contributed by atoms with Gasteiger partial charge in [-0.15, -0.1) is 0 Å². The number of rotatable bonds is 1. The van der Waals surface area contributed by atoms with Crippen LogP contribution in [0.15, 0.2) is 23.4 Å². The van der Waals surface area contributed by atoms with E-state index in [0.717, 1.165) is 0 Å². The van der Waals surface area contributed by atoms with Gasteiger partial charge in [-0.05, 0) is 12.2 Å². The first-order valence-corrected chi connectivity index (χ1v) is 4.65. The first kappa shape index (κ1) is 7.43. The normalized spacial score (nSPS) is 17.1. The molecule has 0 unspecified atom stereocenters. The molecule has 4 nitrogen and oxygen atoms in total. The van der Waals surface area contributed by atoms with Gasteiger partial charge in [0.1, 0.15) is 6.26 Å². The highest BCUT2D eigenvalue weighted by Gasteiger charge is 2.14. The van der Waals surface area contributed by atoms with Crippen LogP contribution in [0.25, 0.3) is 0 Å². The van der Waals surface area contributed by atoms with Gasteiger partial charge in [0.2, 0.25) is 0 Å². The molecule has 1 aliphatic heterocycles. The molecule has 6 heteroatoms. The Morgan fingerprint density at radius 1 is 1.60 bits per heavy atom. The van der Waals surface area contributed by atoms with E-state index in [0.29, 0.717) is 0 Å². The molecule has 1 rings (SSSR count). The topological polar surface area (TPSA) is 55.4 Å². The predicted octanol–water partition coefficient (Wildman–Crippen LogP) is 0.445. The van der Waals surface area contributed by atoms with Gasteiger partial charge in [-0.2, -0.15) is 0 Å². The molecular weight excluding hydrogens is 178 g/mol. The number of nitrogens with one attached hydrogen (secondary N) is 1. The molecular formula is C4H4ClNO3S. The van der Waals surface area contributed by atoms with E-state index >= 15 is 0 Å². The number of hydrogen-bond donors (Lipinski definition) is 1. The van der Waals surface area contributed by atoms with E-state index in [1.165, 1.54) is 18.4 Å². The molecule has 1 aliphatic rings. The summed E-state index contributed by atoms with van der Waals surface area (Å²) in [7, 11) is 1.26. The van der Waals surface area contributed by atoms with Crippen molar-refractivity contribution in [3.63, 3.8) is 0 Å². The van der Waals surface area contributed by atoms with Crippen molar-refractivity contribution in [2.45, 2.75) is 0 Å². The maximum atomic E-state index is 10.5. The Labute approximate surface area is 62.5 Å². The lowest BCUT2D eigenvalue weighted by Gasteiger charge is -2.07. The van der Waals surface area contributed by atoms with E-state index < -0.39 is 9.05 Å². The fourth-order valence-corrected chi connectivity index (χ4v) is 1.06. The maximum Gasteiger partial charge on any atom is 0.279 e. The zero-order chi connectivity index (χ0) is 7.61. The number of allylic oxidation sites excluding steroid dienone is 2. The number of hydroxylamine groups is 1. The smallest absolute Gasteiger partial charge is 0.279 e. The van der Waals surface area contributed by atoms with Crippen LogP contribution in [0.2, 0.25) is 0 Å². The number of halogens is 1. The molecule has 0 saturated carbocycles. The minimum absolute atomic E-state index is 0.156. The summed E-state index contributed by atoms with van der Waals surface area (Å²) < 4.78 is 21.0. The summed E-state index contributed by atoms with van der Waals surface area (Å²) in [6.45, 7) is 0. The van der Waals surface area contributed by atoms with Crippen LogP contribution >= 0.6 is 10.7 Å². The highest BCUT2D eigenvalue weighted by Crippen LogP contribution is 2.10. The Bertz CT molecular complexity index is 279. The second-order valence-electron chi connectivity index (χ2n) is 1.52. The summed E-state index contributed by atoms with van der Waals surface area (Å²) in [6.07, 6.45) is 4.02. The Balaban J connectivity index is 2.93. The van der Waals surface area contributed by atoms with Crippen LogP contribution in [-0.4, -0.2) is 8.42 Å². The van der Waals surface area contributed by atoms with Crippen molar-refractivity contribution >= 4 is 19.7 Å². The van der Waals surface area contributed by atoms with E-state index in [2.05, 4.69) is 10.3 Å². The fraction of sp³-hybridized carbons (Fsp3) is 0. The first-order valence-electron chi connectivity index (χ1n) is 2.34. The summed E-state index contributed by atoms with van der Waals surface area (Å²) in [5, 5.41) is -0.156. The predicted molar refractivity (Wildman–Crippen MR) is 36.2 cm³/mol. The van der Waals surface area contributed by atoms with Gasteiger partial charge in [-0.3, -0.25) is 0 Å². The third-order valence-electron chi connectivity index (χ3n) is 0.816. The second-order valence-corrected chi connectivity index (χ2v) is 4.05. The molecule has 0 aromatic heterocycles. The monoisotopic (exact) mass is 181 g/mol.